The van der Waals surface area contributed by atoms with Crippen LogP contribution in [0.3, 0.4) is 0 Å². The van der Waals surface area contributed by atoms with Crippen LogP contribution in [0.1, 0.15) is 56.7 Å². The Hall–Kier alpha value is -2.14. The second kappa shape index (κ2) is 7.40. The minimum absolute atomic E-state index is 0.0597. The van der Waals surface area contributed by atoms with E-state index in [0.29, 0.717) is 6.42 Å². The molecule has 5 heteroatoms. The van der Waals surface area contributed by atoms with E-state index in [2.05, 4.69) is 0 Å². The van der Waals surface area contributed by atoms with Crippen molar-refractivity contribution in [3.63, 3.8) is 0 Å². The van der Waals surface area contributed by atoms with E-state index in [0.717, 1.165) is 30.5 Å². The average Bonchev–Trinajstić information content (AvgIpc) is 3.02. The first-order chi connectivity index (χ1) is 12.0. The second-order valence-corrected chi connectivity index (χ2v) is 7.06. The van der Waals surface area contributed by atoms with Crippen LogP contribution in [0.15, 0.2) is 30.5 Å². The lowest BCUT2D eigenvalue weighted by molar-refractivity contribution is -0.135. The van der Waals surface area contributed by atoms with Gasteiger partial charge in [0.25, 0.3) is 0 Å². The lowest BCUT2D eigenvalue weighted by Crippen LogP contribution is -2.40. The summed E-state index contributed by atoms with van der Waals surface area (Å²) in [5.74, 6) is -0.00462. The van der Waals surface area contributed by atoms with Gasteiger partial charge in [-0.2, -0.15) is 0 Å². The van der Waals surface area contributed by atoms with Crippen molar-refractivity contribution >= 4 is 17.9 Å². The summed E-state index contributed by atoms with van der Waals surface area (Å²) in [6.07, 6.45) is 6.09. The molecule has 25 heavy (non-hydrogen) atoms. The number of rotatable bonds is 4. The van der Waals surface area contributed by atoms with Gasteiger partial charge in [0.2, 0.25) is 11.8 Å². The maximum atomic E-state index is 13.0. The van der Waals surface area contributed by atoms with Crippen LogP contribution in [-0.2, 0) is 9.59 Å². The number of aliphatic hydroxyl groups is 1. The number of nitrogens with zero attached hydrogens (tertiary/aromatic N) is 2. The van der Waals surface area contributed by atoms with Gasteiger partial charge in [0.15, 0.2) is 0 Å². The predicted molar refractivity (Wildman–Crippen MR) is 96.4 cm³/mol. The number of likely N-dealkylation sites (tertiary alicyclic amines) is 1. The molecule has 2 aliphatic rings. The minimum Gasteiger partial charge on any atom is -0.393 e. The number of fused-ring (bicyclic) bond motifs is 1. The molecule has 0 saturated carbocycles. The zero-order valence-corrected chi connectivity index (χ0v) is 14.9. The Labute approximate surface area is 148 Å². The quantitative estimate of drug-likeness (QED) is 0.915. The van der Waals surface area contributed by atoms with Gasteiger partial charge in [0.1, 0.15) is 0 Å². The maximum absolute atomic E-state index is 13.0. The summed E-state index contributed by atoms with van der Waals surface area (Å²) in [5, 5.41) is 9.68. The molecule has 2 amide bonds. The van der Waals surface area contributed by atoms with Crippen molar-refractivity contribution < 1.29 is 14.7 Å². The number of hydrogen-bond acceptors (Lipinski definition) is 3. The molecule has 1 fully saturated rings. The number of aliphatic hydroxyl groups excluding tert-OH is 1. The molecule has 3 unspecified atom stereocenters. The average molecular weight is 342 g/mol. The van der Waals surface area contributed by atoms with Crippen LogP contribution in [0, 0.1) is 0 Å². The van der Waals surface area contributed by atoms with E-state index in [1.807, 2.05) is 35.2 Å². The highest BCUT2D eigenvalue weighted by molar-refractivity contribution is 5.82. The molecule has 0 radical (unpaired) electrons. The summed E-state index contributed by atoms with van der Waals surface area (Å²) in [6, 6.07) is 7.74. The first-order valence-electron chi connectivity index (χ1n) is 9.01. The van der Waals surface area contributed by atoms with Gasteiger partial charge in [0, 0.05) is 25.7 Å². The summed E-state index contributed by atoms with van der Waals surface area (Å²) < 4.78 is 0. The zero-order chi connectivity index (χ0) is 18.0. The number of hydrogen-bond donors (Lipinski definition) is 1. The van der Waals surface area contributed by atoms with Crippen molar-refractivity contribution in [3.8, 4) is 0 Å². The molecule has 3 rings (SSSR count). The molecule has 1 saturated heterocycles. The van der Waals surface area contributed by atoms with Gasteiger partial charge in [-0.1, -0.05) is 24.3 Å². The van der Waals surface area contributed by atoms with Crippen molar-refractivity contribution in [3.05, 3.63) is 41.6 Å². The molecule has 2 heterocycles. The Balaban J connectivity index is 1.80. The van der Waals surface area contributed by atoms with Gasteiger partial charge in [-0.25, -0.2) is 0 Å². The number of carbonyl (C=O) groups is 2. The van der Waals surface area contributed by atoms with Gasteiger partial charge in [0.05, 0.1) is 18.6 Å². The van der Waals surface area contributed by atoms with E-state index >= 15 is 0 Å². The van der Waals surface area contributed by atoms with Crippen molar-refractivity contribution in [1.29, 1.82) is 0 Å². The summed E-state index contributed by atoms with van der Waals surface area (Å²) in [4.78, 5) is 28.6. The summed E-state index contributed by atoms with van der Waals surface area (Å²) >= 11 is 0. The molecule has 0 aromatic heterocycles. The van der Waals surface area contributed by atoms with Crippen LogP contribution in [-0.4, -0.2) is 45.4 Å². The SMILES string of the molecule is CC(=O)N1C=Cc2ccccc2C1CC(=O)N1CCCC1CC(C)O. The van der Waals surface area contributed by atoms with Gasteiger partial charge in [-0.3, -0.25) is 9.59 Å². The number of carbonyl (C=O) groups excluding carboxylic acids is 2. The van der Waals surface area contributed by atoms with Crippen molar-refractivity contribution in [2.24, 2.45) is 0 Å². The van der Waals surface area contributed by atoms with Crippen LogP contribution in [0.2, 0.25) is 0 Å². The summed E-state index contributed by atoms with van der Waals surface area (Å²) in [6.45, 7) is 4.03. The van der Waals surface area contributed by atoms with Crippen LogP contribution in [0.4, 0.5) is 0 Å². The molecule has 1 aromatic carbocycles. The molecule has 0 aliphatic carbocycles. The van der Waals surface area contributed by atoms with Crippen molar-refractivity contribution in [2.75, 3.05) is 6.54 Å². The van der Waals surface area contributed by atoms with Gasteiger partial charge in [-0.05, 0) is 43.4 Å². The molecular weight excluding hydrogens is 316 g/mol. The lowest BCUT2D eigenvalue weighted by atomic mass is 9.93. The Morgan fingerprint density at radius 1 is 1.32 bits per heavy atom. The summed E-state index contributed by atoms with van der Waals surface area (Å²) in [5.41, 5.74) is 2.07. The molecule has 1 aromatic rings. The highest BCUT2D eigenvalue weighted by Crippen LogP contribution is 2.34. The van der Waals surface area contributed by atoms with Crippen molar-refractivity contribution in [1.82, 2.24) is 9.80 Å². The first kappa shape index (κ1) is 17.7. The van der Waals surface area contributed by atoms with Gasteiger partial charge >= 0.3 is 0 Å². The zero-order valence-electron chi connectivity index (χ0n) is 14.9. The van der Waals surface area contributed by atoms with E-state index in [1.54, 1.807) is 18.0 Å². The number of benzene rings is 1. The third-order valence-electron chi connectivity index (χ3n) is 5.15. The smallest absolute Gasteiger partial charge is 0.225 e. The molecule has 134 valence electrons. The maximum Gasteiger partial charge on any atom is 0.225 e. The van der Waals surface area contributed by atoms with Crippen LogP contribution in [0.25, 0.3) is 6.08 Å². The van der Waals surface area contributed by atoms with E-state index in [-0.39, 0.29) is 30.3 Å². The van der Waals surface area contributed by atoms with Crippen molar-refractivity contribution in [2.45, 2.75) is 57.7 Å². The van der Waals surface area contributed by atoms with E-state index in [9.17, 15) is 14.7 Å². The van der Waals surface area contributed by atoms with E-state index < -0.39 is 6.10 Å². The fourth-order valence-electron chi connectivity index (χ4n) is 4.00. The Morgan fingerprint density at radius 3 is 2.80 bits per heavy atom. The Bertz CT molecular complexity index is 683. The molecule has 0 bridgehead atoms. The third-order valence-corrected chi connectivity index (χ3v) is 5.15. The highest BCUT2D eigenvalue weighted by Gasteiger charge is 2.34. The largest absolute Gasteiger partial charge is 0.393 e. The normalized spacial score (nSPS) is 23.5. The first-order valence-corrected chi connectivity index (χ1v) is 9.01. The monoisotopic (exact) mass is 342 g/mol. The molecule has 1 N–H and O–H groups in total. The predicted octanol–water partition coefficient (Wildman–Crippen LogP) is 2.71. The van der Waals surface area contributed by atoms with Crippen LogP contribution in [0.5, 0.6) is 0 Å². The van der Waals surface area contributed by atoms with Gasteiger partial charge in [-0.15, -0.1) is 0 Å². The highest BCUT2D eigenvalue weighted by atomic mass is 16.3. The Kier molecular flexibility index (Phi) is 5.23. The molecule has 5 nitrogen and oxygen atoms in total. The fraction of sp³-hybridized carbons (Fsp3) is 0.500. The standard InChI is InChI=1S/C20H26N2O3/c1-14(23)12-17-7-5-10-22(17)20(25)13-19-18-8-4-3-6-16(18)9-11-21(19)15(2)24/h3-4,6,8-9,11,14,17,19,23H,5,7,10,12-13H2,1-2H3. The van der Waals surface area contributed by atoms with Crippen LogP contribution >= 0.6 is 0 Å². The molecule has 3 atom stereocenters. The minimum atomic E-state index is -0.412. The number of amides is 2. The topological polar surface area (TPSA) is 60.9 Å². The summed E-state index contributed by atoms with van der Waals surface area (Å²) in [7, 11) is 0. The lowest BCUT2D eigenvalue weighted by Gasteiger charge is -2.34. The van der Waals surface area contributed by atoms with E-state index in [4.69, 9.17) is 0 Å². The second-order valence-electron chi connectivity index (χ2n) is 7.06. The Morgan fingerprint density at radius 2 is 2.08 bits per heavy atom. The van der Waals surface area contributed by atoms with Crippen LogP contribution < -0.4 is 0 Å². The third kappa shape index (κ3) is 3.76. The fourth-order valence-corrected chi connectivity index (χ4v) is 4.00. The molecular formula is C20H26N2O3. The van der Waals surface area contributed by atoms with Gasteiger partial charge < -0.3 is 14.9 Å². The molecule has 0 spiro atoms. The molecule has 2 aliphatic heterocycles. The van der Waals surface area contributed by atoms with E-state index in [1.165, 1.54) is 6.92 Å².